The highest BCUT2D eigenvalue weighted by Gasteiger charge is 2.33. The minimum absolute atomic E-state index is 0.0359. The first-order valence-corrected chi connectivity index (χ1v) is 9.17. The lowest BCUT2D eigenvalue weighted by atomic mass is 9.98. The Bertz CT molecular complexity index is 592. The molecule has 3 unspecified atom stereocenters. The molecule has 120 valence electrons. The van der Waals surface area contributed by atoms with Crippen molar-refractivity contribution in [3.8, 4) is 0 Å². The summed E-state index contributed by atoms with van der Waals surface area (Å²) < 4.78 is 30.0. The SMILES string of the molecule is CC1CCC(NS(=O)(=O)c2cc(CN)n(C(C)C)c2)C1C. The normalized spacial score (nSPS) is 26.7. The van der Waals surface area contributed by atoms with Crippen molar-refractivity contribution in [2.75, 3.05) is 0 Å². The van der Waals surface area contributed by atoms with Gasteiger partial charge in [-0.15, -0.1) is 0 Å². The molecule has 0 amide bonds. The van der Waals surface area contributed by atoms with Crippen LogP contribution in [0.2, 0.25) is 0 Å². The Hall–Kier alpha value is -0.850. The first kappa shape index (κ1) is 16.5. The van der Waals surface area contributed by atoms with E-state index in [2.05, 4.69) is 18.6 Å². The monoisotopic (exact) mass is 313 g/mol. The predicted octanol–water partition coefficient (Wildman–Crippen LogP) is 2.24. The summed E-state index contributed by atoms with van der Waals surface area (Å²) in [6.07, 6.45) is 3.68. The summed E-state index contributed by atoms with van der Waals surface area (Å²) in [5, 5.41) is 0. The van der Waals surface area contributed by atoms with E-state index in [9.17, 15) is 8.42 Å². The number of hydrogen-bond acceptors (Lipinski definition) is 3. The van der Waals surface area contributed by atoms with Crippen molar-refractivity contribution in [3.05, 3.63) is 18.0 Å². The highest BCUT2D eigenvalue weighted by Crippen LogP contribution is 2.32. The molecule has 1 aliphatic rings. The number of aromatic nitrogens is 1. The van der Waals surface area contributed by atoms with E-state index in [1.807, 2.05) is 18.4 Å². The summed E-state index contributed by atoms with van der Waals surface area (Å²) in [4.78, 5) is 0.323. The zero-order chi connectivity index (χ0) is 15.8. The predicted molar refractivity (Wildman–Crippen MR) is 84.4 cm³/mol. The summed E-state index contributed by atoms with van der Waals surface area (Å²) in [6.45, 7) is 8.67. The van der Waals surface area contributed by atoms with Crippen LogP contribution in [0.15, 0.2) is 17.2 Å². The van der Waals surface area contributed by atoms with Crippen LogP contribution in [0.1, 0.15) is 52.3 Å². The Morgan fingerprint density at radius 1 is 1.38 bits per heavy atom. The van der Waals surface area contributed by atoms with Crippen LogP contribution >= 0.6 is 0 Å². The average Bonchev–Trinajstić information content (AvgIpc) is 2.98. The number of sulfonamides is 1. The van der Waals surface area contributed by atoms with Gasteiger partial charge in [0.15, 0.2) is 0 Å². The van der Waals surface area contributed by atoms with Crippen molar-refractivity contribution in [2.45, 2.75) is 64.1 Å². The molecule has 1 fully saturated rings. The summed E-state index contributed by atoms with van der Waals surface area (Å²) >= 11 is 0. The molecular formula is C15H27N3O2S. The van der Waals surface area contributed by atoms with Crippen LogP contribution in [0.4, 0.5) is 0 Å². The second-order valence-electron chi connectivity index (χ2n) is 6.51. The van der Waals surface area contributed by atoms with Gasteiger partial charge in [-0.05, 0) is 44.6 Å². The molecule has 1 saturated carbocycles. The van der Waals surface area contributed by atoms with Crippen LogP contribution in [0.3, 0.4) is 0 Å². The third kappa shape index (κ3) is 3.33. The van der Waals surface area contributed by atoms with Gasteiger partial charge in [-0.1, -0.05) is 13.8 Å². The Morgan fingerprint density at radius 3 is 2.48 bits per heavy atom. The van der Waals surface area contributed by atoms with Gasteiger partial charge in [-0.25, -0.2) is 13.1 Å². The largest absolute Gasteiger partial charge is 0.346 e. The number of rotatable bonds is 5. The molecule has 0 aliphatic heterocycles. The van der Waals surface area contributed by atoms with Crippen LogP contribution in [0.25, 0.3) is 0 Å². The minimum atomic E-state index is -3.47. The maximum Gasteiger partial charge on any atom is 0.242 e. The molecule has 3 atom stereocenters. The lowest BCUT2D eigenvalue weighted by molar-refractivity contribution is 0.402. The van der Waals surface area contributed by atoms with Gasteiger partial charge in [-0.3, -0.25) is 0 Å². The van der Waals surface area contributed by atoms with Gasteiger partial charge in [0.25, 0.3) is 0 Å². The fourth-order valence-corrected chi connectivity index (χ4v) is 4.50. The number of nitrogens with two attached hydrogens (primary N) is 1. The smallest absolute Gasteiger partial charge is 0.242 e. The van der Waals surface area contributed by atoms with E-state index < -0.39 is 10.0 Å². The highest BCUT2D eigenvalue weighted by molar-refractivity contribution is 7.89. The molecule has 6 heteroatoms. The first-order valence-electron chi connectivity index (χ1n) is 7.69. The molecule has 0 bridgehead atoms. The van der Waals surface area contributed by atoms with Crippen molar-refractivity contribution < 1.29 is 8.42 Å². The molecule has 1 aliphatic carbocycles. The van der Waals surface area contributed by atoms with E-state index >= 15 is 0 Å². The first-order chi connectivity index (χ1) is 9.76. The molecular weight excluding hydrogens is 286 g/mol. The van der Waals surface area contributed by atoms with Crippen LogP contribution in [0.5, 0.6) is 0 Å². The van der Waals surface area contributed by atoms with Crippen molar-refractivity contribution in [3.63, 3.8) is 0 Å². The molecule has 5 nitrogen and oxygen atoms in total. The summed E-state index contributed by atoms with van der Waals surface area (Å²) in [6, 6.07) is 1.91. The van der Waals surface area contributed by atoms with Crippen LogP contribution in [-0.4, -0.2) is 19.0 Å². The maximum absolute atomic E-state index is 12.6. The van der Waals surface area contributed by atoms with Gasteiger partial charge in [0.05, 0.1) is 4.90 Å². The highest BCUT2D eigenvalue weighted by atomic mass is 32.2. The minimum Gasteiger partial charge on any atom is -0.346 e. The summed E-state index contributed by atoms with van der Waals surface area (Å²) in [5.74, 6) is 0.943. The third-order valence-electron chi connectivity index (χ3n) is 4.75. The van der Waals surface area contributed by atoms with E-state index in [-0.39, 0.29) is 12.1 Å². The fourth-order valence-electron chi connectivity index (χ4n) is 3.09. The second-order valence-corrected chi connectivity index (χ2v) is 8.23. The van der Waals surface area contributed by atoms with Gasteiger partial charge in [0.2, 0.25) is 10.0 Å². The standard InChI is InChI=1S/C15H27N3O2S/c1-10(2)18-9-14(7-13(18)8-16)21(19,20)17-15-6-5-11(3)12(15)4/h7,9-12,15,17H,5-6,8,16H2,1-4H3. The number of nitrogens with zero attached hydrogens (tertiary/aromatic N) is 1. The molecule has 0 saturated heterocycles. The van der Waals surface area contributed by atoms with E-state index in [4.69, 9.17) is 5.73 Å². The van der Waals surface area contributed by atoms with Crippen LogP contribution in [-0.2, 0) is 16.6 Å². The van der Waals surface area contributed by atoms with Gasteiger partial charge in [0, 0.05) is 30.5 Å². The number of hydrogen-bond donors (Lipinski definition) is 2. The lowest BCUT2D eigenvalue weighted by Gasteiger charge is -2.19. The third-order valence-corrected chi connectivity index (χ3v) is 6.21. The van der Waals surface area contributed by atoms with Gasteiger partial charge >= 0.3 is 0 Å². The summed E-state index contributed by atoms with van der Waals surface area (Å²) in [5.41, 5.74) is 6.56. The molecule has 0 spiro atoms. The molecule has 3 N–H and O–H groups in total. The number of nitrogens with one attached hydrogen (secondary N) is 1. The molecule has 2 rings (SSSR count). The molecule has 21 heavy (non-hydrogen) atoms. The van der Waals surface area contributed by atoms with Crippen LogP contribution < -0.4 is 10.5 Å². The van der Waals surface area contributed by atoms with Gasteiger partial charge < -0.3 is 10.3 Å². The average molecular weight is 313 g/mol. The molecule has 1 aromatic rings. The van der Waals surface area contributed by atoms with Crippen molar-refractivity contribution in [2.24, 2.45) is 17.6 Å². The zero-order valence-electron chi connectivity index (χ0n) is 13.3. The fraction of sp³-hybridized carbons (Fsp3) is 0.733. The van der Waals surface area contributed by atoms with E-state index in [1.165, 1.54) is 0 Å². The lowest BCUT2D eigenvalue weighted by Crippen LogP contribution is -2.37. The van der Waals surface area contributed by atoms with E-state index in [0.717, 1.165) is 18.5 Å². The van der Waals surface area contributed by atoms with E-state index in [1.54, 1.807) is 12.3 Å². The van der Waals surface area contributed by atoms with Gasteiger partial charge in [-0.2, -0.15) is 0 Å². The second kappa shape index (κ2) is 6.10. The Morgan fingerprint density at radius 2 is 2.05 bits per heavy atom. The van der Waals surface area contributed by atoms with Crippen molar-refractivity contribution >= 4 is 10.0 Å². The van der Waals surface area contributed by atoms with Gasteiger partial charge in [0.1, 0.15) is 0 Å². The quantitative estimate of drug-likeness (QED) is 0.875. The molecule has 1 heterocycles. The van der Waals surface area contributed by atoms with E-state index in [0.29, 0.717) is 23.3 Å². The summed E-state index contributed by atoms with van der Waals surface area (Å²) in [7, 11) is -3.47. The van der Waals surface area contributed by atoms with Crippen molar-refractivity contribution in [1.82, 2.24) is 9.29 Å². The Balaban J connectivity index is 2.24. The van der Waals surface area contributed by atoms with Crippen LogP contribution in [0, 0.1) is 11.8 Å². The Kier molecular flexibility index (Phi) is 4.80. The maximum atomic E-state index is 12.6. The van der Waals surface area contributed by atoms with Crippen molar-refractivity contribution in [1.29, 1.82) is 0 Å². The topological polar surface area (TPSA) is 77.1 Å². The molecule has 0 radical (unpaired) electrons. The Labute approximate surface area is 128 Å². The molecule has 1 aromatic heterocycles. The zero-order valence-corrected chi connectivity index (χ0v) is 14.2. The molecule has 0 aromatic carbocycles.